The van der Waals surface area contributed by atoms with Gasteiger partial charge in [0.1, 0.15) is 12.6 Å². The van der Waals surface area contributed by atoms with Gasteiger partial charge in [-0.05, 0) is 23.3 Å². The van der Waals surface area contributed by atoms with Crippen LogP contribution in [0.4, 0.5) is 10.5 Å². The van der Waals surface area contributed by atoms with E-state index in [4.69, 9.17) is 4.74 Å². The number of amides is 4. The van der Waals surface area contributed by atoms with Crippen LogP contribution in [0, 0.1) is 0 Å². The van der Waals surface area contributed by atoms with Crippen LogP contribution in [0.5, 0.6) is 0 Å². The monoisotopic (exact) mass is 457 g/mol. The highest BCUT2D eigenvalue weighted by atomic mass is 16.5. The molecule has 0 bridgehead atoms. The number of nitrogens with one attached hydrogen (secondary N) is 1. The van der Waals surface area contributed by atoms with Crippen LogP contribution in [-0.4, -0.2) is 47.3 Å². The van der Waals surface area contributed by atoms with Crippen LogP contribution in [-0.2, 0) is 20.9 Å². The summed E-state index contributed by atoms with van der Waals surface area (Å²) < 4.78 is 4.74. The fourth-order valence-corrected chi connectivity index (χ4v) is 3.90. The van der Waals surface area contributed by atoms with E-state index < -0.39 is 36.4 Å². The van der Waals surface area contributed by atoms with E-state index in [2.05, 4.69) is 5.32 Å². The van der Waals surface area contributed by atoms with E-state index in [1.807, 2.05) is 36.4 Å². The molecule has 0 aromatic heterocycles. The number of carbonyl (C=O) groups is 4. The van der Waals surface area contributed by atoms with Crippen molar-refractivity contribution in [2.75, 3.05) is 19.0 Å². The molecule has 1 unspecified atom stereocenters. The maximum absolute atomic E-state index is 13.3. The molecule has 4 rings (SSSR count). The molecule has 172 valence electrons. The molecule has 3 aromatic rings. The largest absolute Gasteiger partial charge is 0.465 e. The van der Waals surface area contributed by atoms with E-state index in [0.717, 1.165) is 10.5 Å². The number of ether oxygens (including phenoxy) is 1. The van der Waals surface area contributed by atoms with E-state index in [0.29, 0.717) is 5.56 Å². The summed E-state index contributed by atoms with van der Waals surface area (Å²) in [5, 5.41) is 2.61. The second kappa shape index (κ2) is 9.99. The van der Waals surface area contributed by atoms with Crippen molar-refractivity contribution in [3.8, 4) is 0 Å². The molecule has 8 heteroatoms. The average molecular weight is 457 g/mol. The summed E-state index contributed by atoms with van der Waals surface area (Å²) in [6.07, 6.45) is 0. The summed E-state index contributed by atoms with van der Waals surface area (Å²) in [6, 6.07) is 23.3. The van der Waals surface area contributed by atoms with Gasteiger partial charge in [-0.3, -0.25) is 14.5 Å². The molecule has 0 radical (unpaired) electrons. The Bertz CT molecular complexity index is 1210. The maximum atomic E-state index is 13.3. The first-order valence-electron chi connectivity index (χ1n) is 10.7. The van der Waals surface area contributed by atoms with Gasteiger partial charge in [-0.2, -0.15) is 0 Å². The second-order valence-corrected chi connectivity index (χ2v) is 7.72. The average Bonchev–Trinajstić information content (AvgIpc) is 3.09. The Labute approximate surface area is 196 Å². The van der Waals surface area contributed by atoms with Crippen LogP contribution in [0.2, 0.25) is 0 Å². The number of nitrogens with zero attached hydrogens (tertiary/aromatic N) is 2. The number of urea groups is 1. The fourth-order valence-electron chi connectivity index (χ4n) is 3.90. The van der Waals surface area contributed by atoms with Crippen molar-refractivity contribution in [1.82, 2.24) is 9.80 Å². The van der Waals surface area contributed by atoms with Gasteiger partial charge >= 0.3 is 12.0 Å². The molecule has 0 spiro atoms. The fraction of sp³-hybridized carbons (Fsp3) is 0.154. The summed E-state index contributed by atoms with van der Waals surface area (Å²) in [4.78, 5) is 53.8. The van der Waals surface area contributed by atoms with Crippen LogP contribution < -0.4 is 5.32 Å². The van der Waals surface area contributed by atoms with Gasteiger partial charge in [0, 0.05) is 6.54 Å². The lowest BCUT2D eigenvalue weighted by molar-refractivity contribution is -0.131. The number of anilines is 1. The molecule has 1 N–H and O–H groups in total. The van der Waals surface area contributed by atoms with Crippen molar-refractivity contribution in [1.29, 1.82) is 0 Å². The Morgan fingerprint density at radius 3 is 2.18 bits per heavy atom. The minimum Gasteiger partial charge on any atom is -0.465 e. The SMILES string of the molecule is COC(=O)c1ccccc1NC(=O)CN1C(=O)C(c2ccccc2)N(Cc2ccccc2)C1=O. The number of carbonyl (C=O) groups excluding carboxylic acids is 4. The van der Waals surface area contributed by atoms with Crippen molar-refractivity contribution in [3.63, 3.8) is 0 Å². The Morgan fingerprint density at radius 1 is 0.882 bits per heavy atom. The van der Waals surface area contributed by atoms with Gasteiger partial charge < -0.3 is 15.0 Å². The summed E-state index contributed by atoms with van der Waals surface area (Å²) >= 11 is 0. The van der Waals surface area contributed by atoms with Crippen molar-refractivity contribution in [2.24, 2.45) is 0 Å². The lowest BCUT2D eigenvalue weighted by Crippen LogP contribution is -2.39. The van der Waals surface area contributed by atoms with E-state index >= 15 is 0 Å². The molecule has 34 heavy (non-hydrogen) atoms. The van der Waals surface area contributed by atoms with E-state index in [1.165, 1.54) is 18.1 Å². The Balaban J connectivity index is 1.57. The summed E-state index contributed by atoms with van der Waals surface area (Å²) in [7, 11) is 1.24. The highest BCUT2D eigenvalue weighted by molar-refractivity contribution is 6.09. The third-order valence-electron chi connectivity index (χ3n) is 5.51. The van der Waals surface area contributed by atoms with Crippen LogP contribution in [0.15, 0.2) is 84.9 Å². The van der Waals surface area contributed by atoms with Gasteiger partial charge in [-0.25, -0.2) is 9.59 Å². The second-order valence-electron chi connectivity index (χ2n) is 7.72. The number of benzene rings is 3. The van der Waals surface area contributed by atoms with Crippen molar-refractivity contribution in [2.45, 2.75) is 12.6 Å². The molecule has 1 atom stereocenters. The molecule has 0 aliphatic carbocycles. The Morgan fingerprint density at radius 2 is 1.50 bits per heavy atom. The Hall–Kier alpha value is -4.46. The highest BCUT2D eigenvalue weighted by Gasteiger charge is 2.46. The van der Waals surface area contributed by atoms with Gasteiger partial charge in [0.25, 0.3) is 5.91 Å². The smallest absolute Gasteiger partial charge is 0.339 e. The van der Waals surface area contributed by atoms with Crippen LogP contribution in [0.3, 0.4) is 0 Å². The number of hydrogen-bond acceptors (Lipinski definition) is 5. The van der Waals surface area contributed by atoms with Gasteiger partial charge in [-0.15, -0.1) is 0 Å². The van der Waals surface area contributed by atoms with Gasteiger partial charge in [0.15, 0.2) is 0 Å². The van der Waals surface area contributed by atoms with Crippen molar-refractivity contribution in [3.05, 3.63) is 102 Å². The third-order valence-corrected chi connectivity index (χ3v) is 5.51. The first kappa shape index (κ1) is 22.7. The van der Waals surface area contributed by atoms with Crippen LogP contribution in [0.1, 0.15) is 27.5 Å². The number of para-hydroxylation sites is 1. The summed E-state index contributed by atoms with van der Waals surface area (Å²) in [5.41, 5.74) is 1.93. The first-order chi connectivity index (χ1) is 16.5. The third kappa shape index (κ3) is 4.66. The zero-order chi connectivity index (χ0) is 24.1. The molecule has 0 saturated carbocycles. The number of rotatable bonds is 7. The number of imide groups is 1. The summed E-state index contributed by atoms with van der Waals surface area (Å²) in [5.74, 6) is -1.70. The van der Waals surface area contributed by atoms with E-state index in [9.17, 15) is 19.2 Å². The normalized spacial score (nSPS) is 15.4. The van der Waals surface area contributed by atoms with E-state index in [1.54, 1.807) is 42.5 Å². The van der Waals surface area contributed by atoms with Crippen molar-refractivity contribution < 1.29 is 23.9 Å². The molecule has 1 heterocycles. The lowest BCUT2D eigenvalue weighted by Gasteiger charge is -2.22. The molecular weight excluding hydrogens is 434 g/mol. The molecule has 8 nitrogen and oxygen atoms in total. The minimum absolute atomic E-state index is 0.172. The number of hydrogen-bond donors (Lipinski definition) is 1. The van der Waals surface area contributed by atoms with Crippen LogP contribution in [0.25, 0.3) is 0 Å². The zero-order valence-corrected chi connectivity index (χ0v) is 18.5. The predicted octanol–water partition coefficient (Wildman–Crippen LogP) is 3.62. The molecule has 1 aliphatic heterocycles. The summed E-state index contributed by atoms with van der Waals surface area (Å²) in [6.45, 7) is -0.268. The van der Waals surface area contributed by atoms with Crippen LogP contribution >= 0.6 is 0 Å². The Kier molecular flexibility index (Phi) is 6.68. The molecule has 4 amide bonds. The van der Waals surface area contributed by atoms with Gasteiger partial charge in [-0.1, -0.05) is 72.8 Å². The van der Waals surface area contributed by atoms with Gasteiger partial charge in [0.05, 0.1) is 18.4 Å². The maximum Gasteiger partial charge on any atom is 0.339 e. The highest BCUT2D eigenvalue weighted by Crippen LogP contribution is 2.32. The topological polar surface area (TPSA) is 96.0 Å². The molecule has 1 aliphatic rings. The minimum atomic E-state index is -0.843. The zero-order valence-electron chi connectivity index (χ0n) is 18.5. The molecule has 1 saturated heterocycles. The molecule has 3 aromatic carbocycles. The number of methoxy groups -OCH3 is 1. The number of esters is 1. The standard InChI is InChI=1S/C26H23N3O5/c1-34-25(32)20-14-8-9-15-21(20)27-22(30)17-29-24(31)23(19-12-6-3-7-13-19)28(26(29)33)16-18-10-4-2-5-11-18/h2-15,23H,16-17H2,1H3,(H,27,30). The van der Waals surface area contributed by atoms with Gasteiger partial charge in [0.2, 0.25) is 5.91 Å². The predicted molar refractivity (Wildman–Crippen MR) is 125 cm³/mol. The first-order valence-corrected chi connectivity index (χ1v) is 10.7. The van der Waals surface area contributed by atoms with Crippen molar-refractivity contribution >= 4 is 29.5 Å². The molecule has 1 fully saturated rings. The van der Waals surface area contributed by atoms with E-state index in [-0.39, 0.29) is 17.8 Å². The molecular formula is C26H23N3O5. The quantitative estimate of drug-likeness (QED) is 0.432. The lowest BCUT2D eigenvalue weighted by atomic mass is 10.1.